The van der Waals surface area contributed by atoms with Gasteiger partial charge in [0.05, 0.1) is 13.2 Å². The van der Waals surface area contributed by atoms with Crippen LogP contribution in [-0.2, 0) is 11.2 Å². The number of thioether (sulfide) groups is 1. The molecule has 0 spiro atoms. The first-order chi connectivity index (χ1) is 14.6. The predicted molar refractivity (Wildman–Crippen MR) is 119 cm³/mol. The number of anilines is 1. The van der Waals surface area contributed by atoms with Gasteiger partial charge in [-0.1, -0.05) is 54.6 Å². The lowest BCUT2D eigenvalue weighted by Crippen LogP contribution is -2.41. The number of benzene rings is 2. The molecule has 0 fully saturated rings. The maximum absolute atomic E-state index is 13.3. The average molecular weight is 424 g/mol. The van der Waals surface area contributed by atoms with Crippen LogP contribution in [0.4, 0.5) is 5.69 Å². The molecule has 0 aliphatic carbocycles. The minimum absolute atomic E-state index is 0.0994. The number of methoxy groups -OCH3 is 1. The second-order valence-corrected chi connectivity index (χ2v) is 8.37. The van der Waals surface area contributed by atoms with Crippen molar-refractivity contribution in [1.82, 2.24) is 14.9 Å². The van der Waals surface area contributed by atoms with Gasteiger partial charge in [-0.15, -0.1) is 10.2 Å². The Morgan fingerprint density at radius 2 is 2.03 bits per heavy atom. The summed E-state index contributed by atoms with van der Waals surface area (Å²) in [6, 6.07) is 15.4. The van der Waals surface area contributed by atoms with Crippen LogP contribution in [0, 0.1) is 6.92 Å². The Morgan fingerprint density at radius 3 is 2.77 bits per heavy atom. The van der Waals surface area contributed by atoms with E-state index >= 15 is 0 Å². The molecule has 2 heterocycles. The van der Waals surface area contributed by atoms with E-state index in [0.717, 1.165) is 24.2 Å². The molecule has 2 N–H and O–H groups in total. The van der Waals surface area contributed by atoms with Gasteiger partial charge in [-0.3, -0.25) is 4.79 Å². The highest BCUT2D eigenvalue weighted by molar-refractivity contribution is 8.00. The van der Waals surface area contributed by atoms with E-state index in [1.165, 1.54) is 17.3 Å². The van der Waals surface area contributed by atoms with Gasteiger partial charge in [0.15, 0.2) is 5.82 Å². The van der Waals surface area contributed by atoms with Crippen LogP contribution in [0.1, 0.15) is 36.3 Å². The zero-order chi connectivity index (χ0) is 21.1. The lowest BCUT2D eigenvalue weighted by molar-refractivity contribution is -0.116. The molecule has 2 unspecified atom stereocenters. The Hall–Kier alpha value is -3.00. The standard InChI is InChI=1S/C22H25N5O2S/c1-4-6-18-24-25-22-27(18)26-19(15-11-9-14(2)10-12-15)20(30-22)21(28)23-16-7-5-8-17(13-16)29-3/h5,7-13,19-20,26H,4,6H2,1-3H3,(H,23,28). The number of nitrogens with zero attached hydrogens (tertiary/aromatic N) is 3. The van der Waals surface area contributed by atoms with Gasteiger partial charge < -0.3 is 15.5 Å². The zero-order valence-electron chi connectivity index (χ0n) is 17.3. The molecule has 8 heteroatoms. The van der Waals surface area contributed by atoms with E-state index in [9.17, 15) is 4.79 Å². The smallest absolute Gasteiger partial charge is 0.240 e. The molecule has 30 heavy (non-hydrogen) atoms. The van der Waals surface area contributed by atoms with Gasteiger partial charge in [0.25, 0.3) is 0 Å². The summed E-state index contributed by atoms with van der Waals surface area (Å²) in [7, 11) is 1.61. The minimum Gasteiger partial charge on any atom is -0.497 e. The van der Waals surface area contributed by atoms with Gasteiger partial charge in [0.1, 0.15) is 11.0 Å². The molecular formula is C22H25N5O2S. The Balaban J connectivity index is 1.65. The molecule has 0 bridgehead atoms. The zero-order valence-corrected chi connectivity index (χ0v) is 18.1. The molecule has 1 aromatic heterocycles. The highest BCUT2D eigenvalue weighted by Crippen LogP contribution is 2.38. The largest absolute Gasteiger partial charge is 0.497 e. The first-order valence-corrected chi connectivity index (χ1v) is 10.9. The van der Waals surface area contributed by atoms with E-state index in [0.29, 0.717) is 16.6 Å². The van der Waals surface area contributed by atoms with Gasteiger partial charge >= 0.3 is 0 Å². The average Bonchev–Trinajstić information content (AvgIpc) is 3.15. The Morgan fingerprint density at radius 1 is 1.23 bits per heavy atom. The molecule has 3 aromatic rings. The van der Waals surface area contributed by atoms with Crippen LogP contribution in [0.5, 0.6) is 5.75 Å². The first kappa shape index (κ1) is 20.3. The fraction of sp³-hybridized carbons (Fsp3) is 0.318. The van der Waals surface area contributed by atoms with Gasteiger partial charge in [-0.2, -0.15) is 0 Å². The summed E-state index contributed by atoms with van der Waals surface area (Å²) in [4.78, 5) is 13.3. The summed E-state index contributed by atoms with van der Waals surface area (Å²) in [5.74, 6) is 1.47. The summed E-state index contributed by atoms with van der Waals surface area (Å²) in [5, 5.41) is 11.9. The summed E-state index contributed by atoms with van der Waals surface area (Å²) in [5.41, 5.74) is 6.41. The van der Waals surface area contributed by atoms with Gasteiger partial charge in [0.2, 0.25) is 11.1 Å². The molecule has 4 rings (SSSR count). The molecule has 0 saturated carbocycles. The molecule has 1 aliphatic rings. The molecule has 0 radical (unpaired) electrons. The second kappa shape index (κ2) is 8.79. The number of aromatic nitrogens is 3. The lowest BCUT2D eigenvalue weighted by Gasteiger charge is -2.33. The van der Waals surface area contributed by atoms with Crippen molar-refractivity contribution in [2.24, 2.45) is 0 Å². The quantitative estimate of drug-likeness (QED) is 0.625. The Kier molecular flexibility index (Phi) is 5.94. The SMILES string of the molecule is CCCc1nnc2n1NC(c1ccc(C)cc1)C(C(=O)Nc1cccc(OC)c1)S2. The molecular weight excluding hydrogens is 398 g/mol. The third-order valence-electron chi connectivity index (χ3n) is 5.01. The number of aryl methyl sites for hydroxylation is 2. The number of hydrogen-bond acceptors (Lipinski definition) is 6. The Labute approximate surface area is 180 Å². The number of fused-ring (bicyclic) bond motifs is 1. The number of ether oxygens (including phenoxy) is 1. The van der Waals surface area contributed by atoms with Crippen LogP contribution < -0.4 is 15.5 Å². The summed E-state index contributed by atoms with van der Waals surface area (Å²) in [6.07, 6.45) is 1.79. The highest BCUT2D eigenvalue weighted by Gasteiger charge is 2.37. The van der Waals surface area contributed by atoms with E-state index in [1.54, 1.807) is 7.11 Å². The van der Waals surface area contributed by atoms with Gasteiger partial charge in [0, 0.05) is 18.2 Å². The van der Waals surface area contributed by atoms with E-state index in [2.05, 4.69) is 59.1 Å². The summed E-state index contributed by atoms with van der Waals surface area (Å²) in [6.45, 7) is 4.16. The Bertz CT molecular complexity index is 1030. The third-order valence-corrected chi connectivity index (χ3v) is 6.22. The lowest BCUT2D eigenvalue weighted by atomic mass is 10.0. The van der Waals surface area contributed by atoms with Crippen LogP contribution in [0.3, 0.4) is 0 Å². The molecule has 156 valence electrons. The van der Waals surface area contributed by atoms with E-state index in [1.807, 2.05) is 28.9 Å². The van der Waals surface area contributed by atoms with Crippen LogP contribution in [0.25, 0.3) is 0 Å². The summed E-state index contributed by atoms with van der Waals surface area (Å²) >= 11 is 1.43. The molecule has 2 aromatic carbocycles. The van der Waals surface area contributed by atoms with Crippen LogP contribution in [-0.4, -0.2) is 33.1 Å². The highest BCUT2D eigenvalue weighted by atomic mass is 32.2. The van der Waals surface area contributed by atoms with Gasteiger partial charge in [-0.05, 0) is 31.0 Å². The number of hydrogen-bond donors (Lipinski definition) is 2. The van der Waals surface area contributed by atoms with Crippen LogP contribution in [0.2, 0.25) is 0 Å². The number of nitrogens with one attached hydrogen (secondary N) is 2. The number of rotatable bonds is 6. The van der Waals surface area contributed by atoms with Crippen molar-refractivity contribution in [2.75, 3.05) is 17.9 Å². The molecule has 2 atom stereocenters. The van der Waals surface area contributed by atoms with E-state index in [4.69, 9.17) is 4.74 Å². The molecule has 1 aliphatic heterocycles. The number of amides is 1. The minimum atomic E-state index is -0.412. The van der Waals surface area contributed by atoms with Crippen LogP contribution >= 0.6 is 11.8 Å². The topological polar surface area (TPSA) is 81.1 Å². The van der Waals surface area contributed by atoms with Crippen LogP contribution in [0.15, 0.2) is 53.7 Å². The van der Waals surface area contributed by atoms with Crippen molar-refractivity contribution in [3.8, 4) is 5.75 Å². The molecule has 1 amide bonds. The first-order valence-electron chi connectivity index (χ1n) is 9.98. The normalized spacial score (nSPS) is 17.7. The predicted octanol–water partition coefficient (Wildman–Crippen LogP) is 3.95. The van der Waals surface area contributed by atoms with Crippen molar-refractivity contribution in [3.05, 3.63) is 65.5 Å². The number of carbonyl (C=O) groups is 1. The molecule has 7 nitrogen and oxygen atoms in total. The van der Waals surface area contributed by atoms with Crippen molar-refractivity contribution in [3.63, 3.8) is 0 Å². The maximum atomic E-state index is 13.3. The van der Waals surface area contributed by atoms with Crippen molar-refractivity contribution in [1.29, 1.82) is 0 Å². The van der Waals surface area contributed by atoms with Gasteiger partial charge in [-0.25, -0.2) is 4.68 Å². The van der Waals surface area contributed by atoms with E-state index < -0.39 is 5.25 Å². The second-order valence-electron chi connectivity index (χ2n) is 7.26. The van der Waals surface area contributed by atoms with Crippen molar-refractivity contribution < 1.29 is 9.53 Å². The maximum Gasteiger partial charge on any atom is 0.240 e. The van der Waals surface area contributed by atoms with Crippen molar-refractivity contribution >= 4 is 23.4 Å². The number of carbonyl (C=O) groups excluding carboxylic acids is 1. The monoisotopic (exact) mass is 423 g/mol. The van der Waals surface area contributed by atoms with E-state index in [-0.39, 0.29) is 11.9 Å². The summed E-state index contributed by atoms with van der Waals surface area (Å²) < 4.78 is 7.19. The third kappa shape index (κ3) is 4.14. The van der Waals surface area contributed by atoms with Crippen molar-refractivity contribution in [2.45, 2.75) is 43.1 Å². The fourth-order valence-corrected chi connectivity index (χ4v) is 4.52. The fourth-order valence-electron chi connectivity index (χ4n) is 3.42. The molecule has 0 saturated heterocycles.